The van der Waals surface area contributed by atoms with Gasteiger partial charge in [-0.25, -0.2) is 0 Å². The van der Waals surface area contributed by atoms with Crippen LogP contribution in [0.5, 0.6) is 11.5 Å². The second-order valence-electron chi connectivity index (χ2n) is 8.95. The van der Waals surface area contributed by atoms with Gasteiger partial charge < -0.3 is 14.4 Å². The average Bonchev–Trinajstić information content (AvgIpc) is 3.39. The average molecular weight is 539 g/mol. The van der Waals surface area contributed by atoms with Crippen LogP contribution in [0.15, 0.2) is 65.6 Å². The molecule has 0 radical (unpaired) electrons. The third-order valence-electron chi connectivity index (χ3n) is 6.55. The minimum atomic E-state index is -1.50. The van der Waals surface area contributed by atoms with Gasteiger partial charge in [-0.05, 0) is 35.9 Å². The Morgan fingerprint density at radius 2 is 1.68 bits per heavy atom. The smallest absolute Gasteiger partial charge is 0.269 e. The molecule has 1 fully saturated rings. The molecule has 0 N–H and O–H groups in total. The highest BCUT2D eigenvalue weighted by Gasteiger charge is 2.35. The SMILES string of the molecule is O=C(c1ccc([N+](=O)[O-])cc1)C(C(=O)N1CCN(Cc2ccc3c(c2)OCO3)CC1)n1cc(Cl)ccc1=O. The first kappa shape index (κ1) is 25.4. The Labute approximate surface area is 221 Å². The van der Waals surface area contributed by atoms with Crippen molar-refractivity contribution in [3.63, 3.8) is 0 Å². The molecule has 5 rings (SSSR count). The summed E-state index contributed by atoms with van der Waals surface area (Å²) in [6, 6.07) is 11.8. The van der Waals surface area contributed by atoms with Gasteiger partial charge in [-0.15, -0.1) is 0 Å². The van der Waals surface area contributed by atoms with Gasteiger partial charge in [0.2, 0.25) is 6.79 Å². The molecule has 0 spiro atoms. The number of amides is 1. The number of carbonyl (C=O) groups excluding carboxylic acids is 2. The molecule has 0 aliphatic carbocycles. The van der Waals surface area contributed by atoms with Gasteiger partial charge in [-0.2, -0.15) is 0 Å². The molecule has 38 heavy (non-hydrogen) atoms. The van der Waals surface area contributed by atoms with E-state index in [9.17, 15) is 24.5 Å². The summed E-state index contributed by atoms with van der Waals surface area (Å²) in [7, 11) is 0. The summed E-state index contributed by atoms with van der Waals surface area (Å²) in [5, 5.41) is 11.2. The van der Waals surface area contributed by atoms with Crippen molar-refractivity contribution in [3.8, 4) is 11.5 Å². The monoisotopic (exact) mass is 538 g/mol. The van der Waals surface area contributed by atoms with Gasteiger partial charge in [0, 0.05) is 62.7 Å². The van der Waals surface area contributed by atoms with Crippen LogP contribution in [0.1, 0.15) is 22.0 Å². The molecule has 1 unspecified atom stereocenters. The molecule has 196 valence electrons. The van der Waals surface area contributed by atoms with E-state index in [4.69, 9.17) is 21.1 Å². The number of carbonyl (C=O) groups is 2. The molecule has 12 heteroatoms. The third kappa shape index (κ3) is 5.24. The van der Waals surface area contributed by atoms with Gasteiger partial charge in [0.25, 0.3) is 17.2 Å². The summed E-state index contributed by atoms with van der Waals surface area (Å²) in [6.45, 7) is 2.67. The molecule has 0 bridgehead atoms. The molecule has 0 saturated carbocycles. The number of ketones is 1. The van der Waals surface area contributed by atoms with E-state index in [-0.39, 0.29) is 23.1 Å². The zero-order valence-electron chi connectivity index (χ0n) is 20.1. The lowest BCUT2D eigenvalue weighted by atomic mass is 10.0. The number of hydrogen-bond acceptors (Lipinski definition) is 8. The number of rotatable bonds is 7. The molecule has 11 nitrogen and oxygen atoms in total. The van der Waals surface area contributed by atoms with Crippen LogP contribution in [0.2, 0.25) is 5.02 Å². The van der Waals surface area contributed by atoms with Crippen LogP contribution in [0.25, 0.3) is 0 Å². The van der Waals surface area contributed by atoms with Gasteiger partial charge in [-0.3, -0.25) is 34.0 Å². The Hall–Kier alpha value is -4.22. The van der Waals surface area contributed by atoms with Crippen molar-refractivity contribution in [2.75, 3.05) is 33.0 Å². The van der Waals surface area contributed by atoms with E-state index in [2.05, 4.69) is 4.90 Å². The third-order valence-corrected chi connectivity index (χ3v) is 6.78. The van der Waals surface area contributed by atoms with Crippen molar-refractivity contribution in [1.82, 2.24) is 14.4 Å². The number of pyridine rings is 1. The summed E-state index contributed by atoms with van der Waals surface area (Å²) >= 11 is 6.09. The highest BCUT2D eigenvalue weighted by atomic mass is 35.5. The lowest BCUT2D eigenvalue weighted by molar-refractivity contribution is -0.384. The lowest BCUT2D eigenvalue weighted by Crippen LogP contribution is -2.52. The second-order valence-corrected chi connectivity index (χ2v) is 9.39. The number of fused-ring (bicyclic) bond motifs is 1. The van der Waals surface area contributed by atoms with Crippen LogP contribution in [-0.4, -0.2) is 64.0 Å². The predicted octanol–water partition coefficient (Wildman–Crippen LogP) is 2.91. The van der Waals surface area contributed by atoms with Crippen molar-refractivity contribution in [2.24, 2.45) is 0 Å². The van der Waals surface area contributed by atoms with Crippen molar-refractivity contribution < 1.29 is 24.0 Å². The second kappa shape index (κ2) is 10.6. The maximum Gasteiger partial charge on any atom is 0.269 e. The molecular weight excluding hydrogens is 516 g/mol. The van der Waals surface area contributed by atoms with Gasteiger partial charge in [0.1, 0.15) is 0 Å². The van der Waals surface area contributed by atoms with Gasteiger partial charge in [-0.1, -0.05) is 17.7 Å². The van der Waals surface area contributed by atoms with Crippen molar-refractivity contribution in [3.05, 3.63) is 97.4 Å². The number of Topliss-reactive ketones (excluding diaryl/α,β-unsaturated/α-hetero) is 1. The maximum absolute atomic E-state index is 13.7. The molecule has 2 aliphatic heterocycles. The van der Waals surface area contributed by atoms with E-state index >= 15 is 0 Å². The predicted molar refractivity (Wildman–Crippen MR) is 137 cm³/mol. The molecule has 3 heterocycles. The molecule has 1 saturated heterocycles. The van der Waals surface area contributed by atoms with Crippen LogP contribution < -0.4 is 15.0 Å². The molecule has 3 aromatic rings. The number of nitro benzene ring substituents is 1. The summed E-state index contributed by atoms with van der Waals surface area (Å²) in [6.07, 6.45) is 1.26. The molecule has 1 aromatic heterocycles. The molecule has 1 amide bonds. The van der Waals surface area contributed by atoms with E-state index in [0.29, 0.717) is 44.2 Å². The standard InChI is InChI=1S/C26H23ClN4O7/c27-19-4-8-23(32)30(15-19)24(25(33)18-2-5-20(6-3-18)31(35)36)26(34)29-11-9-28(10-12-29)14-17-1-7-21-22(13-17)38-16-37-21/h1-8,13,15,24H,9-12,14,16H2. The Bertz CT molecular complexity index is 1450. The van der Waals surface area contributed by atoms with Crippen molar-refractivity contribution in [1.29, 1.82) is 0 Å². The van der Waals surface area contributed by atoms with Crippen LogP contribution in [0, 0.1) is 10.1 Å². The number of nitro groups is 1. The highest BCUT2D eigenvalue weighted by Crippen LogP contribution is 2.33. The lowest BCUT2D eigenvalue weighted by Gasteiger charge is -2.36. The summed E-state index contributed by atoms with van der Waals surface area (Å²) in [4.78, 5) is 54.1. The van der Waals surface area contributed by atoms with E-state index in [1.165, 1.54) is 42.6 Å². The number of ether oxygens (including phenoxy) is 2. The molecule has 1 atom stereocenters. The summed E-state index contributed by atoms with van der Waals surface area (Å²) in [5.41, 5.74) is 0.361. The topological polar surface area (TPSA) is 124 Å². The Balaban J connectivity index is 1.34. The Kier molecular flexibility index (Phi) is 7.12. The first-order chi connectivity index (χ1) is 18.3. The van der Waals surface area contributed by atoms with E-state index in [1.54, 1.807) is 4.90 Å². The van der Waals surface area contributed by atoms with Gasteiger partial charge in [0.05, 0.1) is 9.95 Å². The van der Waals surface area contributed by atoms with E-state index < -0.39 is 28.2 Å². The van der Waals surface area contributed by atoms with Crippen LogP contribution in [0.4, 0.5) is 5.69 Å². The number of aromatic nitrogens is 1. The first-order valence-corrected chi connectivity index (χ1v) is 12.2. The Morgan fingerprint density at radius 1 is 0.974 bits per heavy atom. The quantitative estimate of drug-likeness (QED) is 0.195. The molecule has 2 aliphatic rings. The van der Waals surface area contributed by atoms with Crippen molar-refractivity contribution in [2.45, 2.75) is 12.6 Å². The number of halogens is 1. The number of benzene rings is 2. The zero-order valence-corrected chi connectivity index (χ0v) is 20.9. The summed E-state index contributed by atoms with van der Waals surface area (Å²) in [5.74, 6) is 0.220. The molecular formula is C26H23ClN4O7. The number of piperazine rings is 1. The van der Waals surface area contributed by atoms with Gasteiger partial charge >= 0.3 is 0 Å². The summed E-state index contributed by atoms with van der Waals surface area (Å²) < 4.78 is 11.8. The fourth-order valence-electron chi connectivity index (χ4n) is 4.54. The normalized spacial score (nSPS) is 15.8. The van der Waals surface area contributed by atoms with E-state index in [1.807, 2.05) is 18.2 Å². The van der Waals surface area contributed by atoms with Crippen molar-refractivity contribution >= 4 is 29.0 Å². The number of nitrogens with zero attached hydrogens (tertiary/aromatic N) is 4. The van der Waals surface area contributed by atoms with Gasteiger partial charge in [0.15, 0.2) is 23.3 Å². The highest BCUT2D eigenvalue weighted by molar-refractivity contribution is 6.30. The zero-order chi connectivity index (χ0) is 26.8. The Morgan fingerprint density at radius 3 is 2.39 bits per heavy atom. The van der Waals surface area contributed by atoms with Crippen LogP contribution >= 0.6 is 11.6 Å². The molecule has 2 aromatic carbocycles. The minimum Gasteiger partial charge on any atom is -0.454 e. The fraction of sp³-hybridized carbons (Fsp3) is 0.269. The maximum atomic E-state index is 13.7. The first-order valence-electron chi connectivity index (χ1n) is 11.9. The number of hydrogen-bond donors (Lipinski definition) is 0. The number of non-ortho nitro benzene ring substituents is 1. The fourth-order valence-corrected chi connectivity index (χ4v) is 4.71. The van der Waals surface area contributed by atoms with E-state index in [0.717, 1.165) is 10.1 Å². The minimum absolute atomic E-state index is 0.0715. The largest absolute Gasteiger partial charge is 0.454 e. The van der Waals surface area contributed by atoms with Crippen LogP contribution in [-0.2, 0) is 11.3 Å². The van der Waals surface area contributed by atoms with Crippen LogP contribution in [0.3, 0.4) is 0 Å².